The third-order valence-electron chi connectivity index (χ3n) is 5.93. The van der Waals surface area contributed by atoms with E-state index in [1.165, 1.54) is 0 Å². The normalized spacial score (nSPS) is 16.4. The maximum Gasteiger partial charge on any atom is 0.269 e. The number of piperidine rings is 1. The van der Waals surface area contributed by atoms with E-state index in [0.29, 0.717) is 59.8 Å². The molecule has 2 heterocycles. The average molecular weight is 503 g/mol. The number of para-hydroxylation sites is 1. The summed E-state index contributed by atoms with van der Waals surface area (Å²) in [6.45, 7) is 1.73. The van der Waals surface area contributed by atoms with Gasteiger partial charge in [-0.25, -0.2) is 0 Å². The van der Waals surface area contributed by atoms with E-state index in [-0.39, 0.29) is 5.91 Å². The summed E-state index contributed by atoms with van der Waals surface area (Å²) in [6, 6.07) is 13.0. The van der Waals surface area contributed by atoms with E-state index >= 15 is 0 Å². The number of amides is 1. The molecule has 1 fully saturated rings. The fraction of sp³-hybridized carbons (Fsp3) is 0.333. The van der Waals surface area contributed by atoms with Crippen LogP contribution in [0.15, 0.2) is 54.2 Å². The number of ether oxygens (including phenoxy) is 2. The molecule has 10 heteroatoms. The summed E-state index contributed by atoms with van der Waals surface area (Å²) in [4.78, 5) is 20.6. The number of anilines is 1. The Kier molecular flexibility index (Phi) is 7.45. The Morgan fingerprint density at radius 1 is 1.18 bits per heavy atom. The van der Waals surface area contributed by atoms with E-state index in [1.54, 1.807) is 14.2 Å². The highest BCUT2D eigenvalue weighted by atomic mass is 35.5. The quantitative estimate of drug-likeness (QED) is 0.517. The van der Waals surface area contributed by atoms with Crippen molar-refractivity contribution in [2.45, 2.75) is 25.0 Å². The van der Waals surface area contributed by atoms with Crippen molar-refractivity contribution in [2.75, 3.05) is 32.6 Å². The number of halogens is 1. The van der Waals surface area contributed by atoms with Crippen LogP contribution in [-0.2, 0) is 16.2 Å². The highest BCUT2D eigenvalue weighted by Crippen LogP contribution is 2.32. The summed E-state index contributed by atoms with van der Waals surface area (Å²) in [5, 5.41) is 7.35. The zero-order valence-electron chi connectivity index (χ0n) is 19.0. The Balaban J connectivity index is 1.30. The minimum absolute atomic E-state index is 0.231. The van der Waals surface area contributed by atoms with Crippen LogP contribution in [0.5, 0.6) is 11.5 Å². The predicted molar refractivity (Wildman–Crippen MR) is 135 cm³/mol. The number of carbonyl (C=O) groups is 1. The lowest BCUT2D eigenvalue weighted by atomic mass is 9.91. The molecule has 1 saturated heterocycles. The molecule has 0 aromatic heterocycles. The molecule has 4 rings (SSSR count). The standard InChI is InChI=1S/C24H27ClN4O4S/c1-31-20-8-7-16(13-21(20)32-2)15-26-22(30)19-14-24(33-28-19)9-11-29(12-10-24)23(34)27-18-6-4-3-5-17(18)25/h3-8,13-14,28H,9-12,15H2,1-2H3,(H,26,30)(H,27,34). The fourth-order valence-electron chi connectivity index (χ4n) is 3.95. The molecule has 2 aliphatic rings. The van der Waals surface area contributed by atoms with Gasteiger partial charge in [0.15, 0.2) is 16.6 Å². The zero-order valence-corrected chi connectivity index (χ0v) is 20.6. The van der Waals surface area contributed by atoms with Crippen LogP contribution in [0.3, 0.4) is 0 Å². The lowest BCUT2D eigenvalue weighted by molar-refractivity contribution is -0.120. The van der Waals surface area contributed by atoms with Crippen molar-refractivity contribution in [3.05, 3.63) is 64.8 Å². The number of methoxy groups -OCH3 is 2. The molecule has 34 heavy (non-hydrogen) atoms. The van der Waals surface area contributed by atoms with Gasteiger partial charge in [-0.1, -0.05) is 29.8 Å². The summed E-state index contributed by atoms with van der Waals surface area (Å²) in [7, 11) is 3.16. The summed E-state index contributed by atoms with van der Waals surface area (Å²) >= 11 is 11.8. The molecule has 0 aliphatic carbocycles. The summed E-state index contributed by atoms with van der Waals surface area (Å²) < 4.78 is 10.6. The van der Waals surface area contributed by atoms with Crippen LogP contribution in [0.25, 0.3) is 0 Å². The number of carbonyl (C=O) groups excluding carboxylic acids is 1. The molecule has 2 aliphatic heterocycles. The second-order valence-corrected chi connectivity index (χ2v) is 8.89. The lowest BCUT2D eigenvalue weighted by Crippen LogP contribution is -2.48. The Morgan fingerprint density at radius 2 is 1.91 bits per heavy atom. The molecule has 0 radical (unpaired) electrons. The molecule has 0 bridgehead atoms. The zero-order chi connectivity index (χ0) is 24.1. The molecule has 1 spiro atoms. The van der Waals surface area contributed by atoms with Crippen LogP contribution in [0, 0.1) is 0 Å². The maximum atomic E-state index is 12.7. The Morgan fingerprint density at radius 3 is 2.62 bits per heavy atom. The van der Waals surface area contributed by atoms with Gasteiger partial charge in [-0.05, 0) is 48.1 Å². The van der Waals surface area contributed by atoms with E-state index in [9.17, 15) is 4.79 Å². The first-order valence-electron chi connectivity index (χ1n) is 10.9. The van der Waals surface area contributed by atoms with Crippen molar-refractivity contribution in [1.29, 1.82) is 0 Å². The number of likely N-dealkylation sites (tertiary alicyclic amines) is 1. The van der Waals surface area contributed by atoms with Crippen molar-refractivity contribution >= 4 is 40.5 Å². The van der Waals surface area contributed by atoms with E-state index in [4.69, 9.17) is 38.1 Å². The molecule has 8 nitrogen and oxygen atoms in total. The van der Waals surface area contributed by atoms with E-state index in [1.807, 2.05) is 48.5 Å². The van der Waals surface area contributed by atoms with Gasteiger partial charge in [0.2, 0.25) is 0 Å². The van der Waals surface area contributed by atoms with Crippen molar-refractivity contribution < 1.29 is 19.1 Å². The van der Waals surface area contributed by atoms with Crippen molar-refractivity contribution in [2.24, 2.45) is 0 Å². The van der Waals surface area contributed by atoms with Crippen LogP contribution < -0.4 is 25.6 Å². The van der Waals surface area contributed by atoms with Crippen LogP contribution in [0.1, 0.15) is 18.4 Å². The minimum atomic E-state index is -0.535. The number of hydrogen-bond acceptors (Lipinski definition) is 6. The van der Waals surface area contributed by atoms with E-state index in [2.05, 4.69) is 21.0 Å². The molecule has 0 atom stereocenters. The molecular formula is C24H27ClN4O4S. The van der Waals surface area contributed by atoms with Gasteiger partial charge < -0.3 is 25.0 Å². The molecule has 180 valence electrons. The van der Waals surface area contributed by atoms with Gasteiger partial charge in [0, 0.05) is 32.5 Å². The van der Waals surface area contributed by atoms with Crippen molar-refractivity contribution in [3.63, 3.8) is 0 Å². The fourth-order valence-corrected chi connectivity index (χ4v) is 4.43. The Labute approximate surface area is 209 Å². The Bertz CT molecular complexity index is 1100. The van der Waals surface area contributed by atoms with Gasteiger partial charge in [-0.2, -0.15) is 0 Å². The van der Waals surface area contributed by atoms with Crippen LogP contribution >= 0.6 is 23.8 Å². The molecule has 2 aromatic carbocycles. The summed E-state index contributed by atoms with van der Waals surface area (Å²) in [6.07, 6.45) is 3.26. The molecule has 2 aromatic rings. The SMILES string of the molecule is COc1ccc(CNC(=O)C2=CC3(CCN(C(=S)Nc4ccccc4Cl)CC3)ON2)cc1OC. The van der Waals surface area contributed by atoms with Gasteiger partial charge >= 0.3 is 0 Å². The van der Waals surface area contributed by atoms with Crippen LogP contribution in [0.4, 0.5) is 5.69 Å². The summed E-state index contributed by atoms with van der Waals surface area (Å²) in [5.41, 5.74) is 4.35. The smallest absolute Gasteiger partial charge is 0.269 e. The number of nitrogens with one attached hydrogen (secondary N) is 3. The van der Waals surface area contributed by atoms with Gasteiger partial charge in [-0.3, -0.25) is 15.1 Å². The van der Waals surface area contributed by atoms with Crippen molar-refractivity contribution in [1.82, 2.24) is 15.7 Å². The molecule has 0 saturated carbocycles. The molecule has 0 unspecified atom stereocenters. The van der Waals surface area contributed by atoms with E-state index < -0.39 is 5.60 Å². The molecular weight excluding hydrogens is 476 g/mol. The first kappa shape index (κ1) is 24.1. The second kappa shape index (κ2) is 10.5. The monoisotopic (exact) mass is 502 g/mol. The molecule has 1 amide bonds. The van der Waals surface area contributed by atoms with E-state index in [0.717, 1.165) is 11.3 Å². The minimum Gasteiger partial charge on any atom is -0.493 e. The highest BCUT2D eigenvalue weighted by Gasteiger charge is 2.40. The maximum absolute atomic E-state index is 12.7. The number of hydroxylamine groups is 1. The van der Waals surface area contributed by atoms with Gasteiger partial charge in [0.05, 0.1) is 24.9 Å². The highest BCUT2D eigenvalue weighted by molar-refractivity contribution is 7.80. The Hall–Kier alpha value is -3.01. The third kappa shape index (κ3) is 5.38. The summed E-state index contributed by atoms with van der Waals surface area (Å²) in [5.74, 6) is 1.02. The third-order valence-corrected chi connectivity index (χ3v) is 6.62. The first-order chi connectivity index (χ1) is 16.4. The van der Waals surface area contributed by atoms with Gasteiger partial charge in [0.1, 0.15) is 11.3 Å². The average Bonchev–Trinajstić information content (AvgIpc) is 3.27. The number of benzene rings is 2. The van der Waals surface area contributed by atoms with Gasteiger partial charge in [-0.15, -0.1) is 0 Å². The molecule has 3 N–H and O–H groups in total. The first-order valence-corrected chi connectivity index (χ1v) is 11.7. The topological polar surface area (TPSA) is 84.1 Å². The number of rotatable bonds is 6. The number of hydrogen-bond donors (Lipinski definition) is 3. The second-order valence-electron chi connectivity index (χ2n) is 8.10. The van der Waals surface area contributed by atoms with Crippen LogP contribution in [0.2, 0.25) is 5.02 Å². The number of nitrogens with zero attached hydrogens (tertiary/aromatic N) is 1. The lowest BCUT2D eigenvalue weighted by Gasteiger charge is -2.38. The van der Waals surface area contributed by atoms with Crippen LogP contribution in [-0.4, -0.2) is 48.8 Å². The predicted octanol–water partition coefficient (Wildman–Crippen LogP) is 3.62. The number of thiocarbonyl (C=S) groups is 1. The largest absolute Gasteiger partial charge is 0.493 e. The van der Waals surface area contributed by atoms with Gasteiger partial charge in [0.25, 0.3) is 5.91 Å². The van der Waals surface area contributed by atoms with Crippen molar-refractivity contribution in [3.8, 4) is 11.5 Å².